The Bertz CT molecular complexity index is 945. The van der Waals surface area contributed by atoms with Crippen LogP contribution in [0.25, 0.3) is 0 Å². The predicted molar refractivity (Wildman–Crippen MR) is 129 cm³/mol. The molecule has 0 bridgehead atoms. The van der Waals surface area contributed by atoms with Gasteiger partial charge < -0.3 is 15.0 Å². The van der Waals surface area contributed by atoms with E-state index in [0.29, 0.717) is 29.8 Å². The molecule has 1 aliphatic rings. The number of thiophene rings is 1. The van der Waals surface area contributed by atoms with E-state index in [2.05, 4.69) is 19.2 Å². The maximum atomic E-state index is 13.7. The summed E-state index contributed by atoms with van der Waals surface area (Å²) in [4.78, 5) is 42.3. The highest BCUT2D eigenvalue weighted by Gasteiger charge is 2.45. The molecule has 1 aromatic carbocycles. The Morgan fingerprint density at radius 3 is 2.59 bits per heavy atom. The summed E-state index contributed by atoms with van der Waals surface area (Å²) in [6, 6.07) is 10.0. The number of benzene rings is 1. The van der Waals surface area contributed by atoms with Gasteiger partial charge in [-0.1, -0.05) is 38.1 Å². The third-order valence-corrected chi connectivity index (χ3v) is 7.12. The molecule has 0 saturated carbocycles. The van der Waals surface area contributed by atoms with Gasteiger partial charge in [-0.25, -0.2) is 4.79 Å². The second-order valence-corrected chi connectivity index (χ2v) is 10.2. The van der Waals surface area contributed by atoms with E-state index in [9.17, 15) is 14.4 Å². The Morgan fingerprint density at radius 2 is 1.97 bits per heavy atom. The molecule has 6 nitrogen and oxygen atoms in total. The SMILES string of the molecule is COC(=O)[C@H](CCSC)NC(=O)[C@@H]1c2ccccc2C(=O)N(CC(C)C)[C@H]1c1cccs1. The minimum atomic E-state index is -0.729. The molecule has 0 radical (unpaired) electrons. The van der Waals surface area contributed by atoms with E-state index in [-0.39, 0.29) is 17.7 Å². The van der Waals surface area contributed by atoms with Crippen molar-refractivity contribution in [2.75, 3.05) is 25.7 Å². The number of fused-ring (bicyclic) bond motifs is 1. The van der Waals surface area contributed by atoms with Gasteiger partial charge in [-0.15, -0.1) is 11.3 Å². The van der Waals surface area contributed by atoms with Crippen LogP contribution in [0.3, 0.4) is 0 Å². The van der Waals surface area contributed by atoms with Gasteiger partial charge in [-0.3, -0.25) is 9.59 Å². The standard InChI is InChI=1S/C24H30N2O4S2/c1-15(2)14-26-21(19-10-7-12-32-19)20(16-8-5-6-9-17(16)23(26)28)22(27)25-18(11-13-31-4)24(29)30-3/h5-10,12,15,18,20-21H,11,13-14H2,1-4H3,(H,25,27)/t18-,20+,21-/m0/s1. The highest BCUT2D eigenvalue weighted by molar-refractivity contribution is 7.98. The Kier molecular flexibility index (Phi) is 8.37. The summed E-state index contributed by atoms with van der Waals surface area (Å²) < 4.78 is 4.93. The molecule has 0 spiro atoms. The van der Waals surface area contributed by atoms with E-state index >= 15 is 0 Å². The number of hydrogen-bond donors (Lipinski definition) is 1. The molecule has 0 unspecified atom stereocenters. The Hall–Kier alpha value is -2.32. The number of carbonyl (C=O) groups is 3. The number of methoxy groups -OCH3 is 1. The lowest BCUT2D eigenvalue weighted by Gasteiger charge is -2.42. The summed E-state index contributed by atoms with van der Waals surface area (Å²) in [6.45, 7) is 4.65. The minimum Gasteiger partial charge on any atom is -0.467 e. The minimum absolute atomic E-state index is 0.0661. The molecular formula is C24H30N2O4S2. The van der Waals surface area contributed by atoms with Gasteiger partial charge in [0, 0.05) is 17.0 Å². The summed E-state index contributed by atoms with van der Waals surface area (Å²) in [7, 11) is 1.33. The highest BCUT2D eigenvalue weighted by atomic mass is 32.2. The third kappa shape index (κ3) is 5.18. The maximum absolute atomic E-state index is 13.7. The first kappa shape index (κ1) is 24.3. The van der Waals surface area contributed by atoms with Crippen molar-refractivity contribution in [1.82, 2.24) is 10.2 Å². The molecule has 0 fully saturated rings. The lowest BCUT2D eigenvalue weighted by atomic mass is 9.81. The van der Waals surface area contributed by atoms with Crippen molar-refractivity contribution < 1.29 is 19.1 Å². The summed E-state index contributed by atoms with van der Waals surface area (Å²) in [6.07, 6.45) is 2.43. The van der Waals surface area contributed by atoms with Gasteiger partial charge in [0.05, 0.1) is 19.1 Å². The molecule has 8 heteroatoms. The highest BCUT2D eigenvalue weighted by Crippen LogP contribution is 2.44. The van der Waals surface area contributed by atoms with Gasteiger partial charge in [0.1, 0.15) is 6.04 Å². The largest absolute Gasteiger partial charge is 0.467 e. The molecule has 1 aliphatic heterocycles. The van der Waals surface area contributed by atoms with E-state index in [4.69, 9.17) is 4.74 Å². The Balaban J connectivity index is 2.06. The number of esters is 1. The average molecular weight is 475 g/mol. The van der Waals surface area contributed by atoms with E-state index < -0.39 is 24.0 Å². The fraction of sp³-hybridized carbons (Fsp3) is 0.458. The van der Waals surface area contributed by atoms with Gasteiger partial charge in [0.2, 0.25) is 5.91 Å². The number of hydrogen-bond acceptors (Lipinski definition) is 6. The van der Waals surface area contributed by atoms with Crippen LogP contribution in [-0.2, 0) is 14.3 Å². The number of carbonyl (C=O) groups excluding carboxylic acids is 3. The number of ether oxygens (including phenoxy) is 1. The van der Waals surface area contributed by atoms with Crippen LogP contribution in [0.15, 0.2) is 41.8 Å². The smallest absolute Gasteiger partial charge is 0.328 e. The normalized spacial score (nSPS) is 18.9. The number of amides is 2. The van der Waals surface area contributed by atoms with Crippen LogP contribution in [-0.4, -0.2) is 54.4 Å². The fourth-order valence-corrected chi connectivity index (χ4v) is 5.48. The quantitative estimate of drug-likeness (QED) is 0.554. The maximum Gasteiger partial charge on any atom is 0.328 e. The molecule has 3 atom stereocenters. The molecule has 0 aliphatic carbocycles. The predicted octanol–water partition coefficient (Wildman–Crippen LogP) is 4.10. The number of nitrogens with zero attached hydrogens (tertiary/aromatic N) is 1. The lowest BCUT2D eigenvalue weighted by Crippen LogP contribution is -2.51. The van der Waals surface area contributed by atoms with Crippen molar-refractivity contribution in [1.29, 1.82) is 0 Å². The Labute approximate surface area is 197 Å². The number of nitrogens with one attached hydrogen (secondary N) is 1. The monoisotopic (exact) mass is 474 g/mol. The van der Waals surface area contributed by atoms with Crippen molar-refractivity contribution in [3.63, 3.8) is 0 Å². The molecule has 2 heterocycles. The van der Waals surface area contributed by atoms with Crippen LogP contribution in [0.2, 0.25) is 0 Å². The summed E-state index contributed by atoms with van der Waals surface area (Å²) in [5.74, 6) is -0.466. The first-order valence-electron chi connectivity index (χ1n) is 10.7. The van der Waals surface area contributed by atoms with Crippen LogP contribution >= 0.6 is 23.1 Å². The number of rotatable bonds is 9. The van der Waals surface area contributed by atoms with Crippen LogP contribution in [0.4, 0.5) is 0 Å². The zero-order valence-electron chi connectivity index (χ0n) is 18.9. The van der Waals surface area contributed by atoms with E-state index in [1.807, 2.05) is 46.9 Å². The average Bonchev–Trinajstić information content (AvgIpc) is 3.31. The molecular weight excluding hydrogens is 444 g/mol. The van der Waals surface area contributed by atoms with Crippen LogP contribution < -0.4 is 5.32 Å². The van der Waals surface area contributed by atoms with Crippen molar-refractivity contribution in [2.45, 2.75) is 38.3 Å². The lowest BCUT2D eigenvalue weighted by molar-refractivity contribution is -0.145. The first-order valence-corrected chi connectivity index (χ1v) is 13.0. The summed E-state index contributed by atoms with van der Waals surface area (Å²) in [5.41, 5.74) is 1.24. The second kappa shape index (κ2) is 11.0. The first-order chi connectivity index (χ1) is 15.4. The van der Waals surface area contributed by atoms with Crippen LogP contribution in [0.5, 0.6) is 0 Å². The van der Waals surface area contributed by atoms with E-state index in [1.54, 1.807) is 17.8 Å². The molecule has 172 valence electrons. The molecule has 0 saturated heterocycles. The van der Waals surface area contributed by atoms with Gasteiger partial charge >= 0.3 is 5.97 Å². The van der Waals surface area contributed by atoms with Crippen molar-refractivity contribution in [3.8, 4) is 0 Å². The summed E-state index contributed by atoms with van der Waals surface area (Å²) >= 11 is 3.14. The molecule has 3 rings (SSSR count). The van der Waals surface area contributed by atoms with Crippen molar-refractivity contribution in [2.24, 2.45) is 5.92 Å². The Morgan fingerprint density at radius 1 is 1.22 bits per heavy atom. The van der Waals surface area contributed by atoms with Gasteiger partial charge in [-0.05, 0) is 47.4 Å². The molecule has 32 heavy (non-hydrogen) atoms. The van der Waals surface area contributed by atoms with Crippen molar-refractivity contribution in [3.05, 3.63) is 57.8 Å². The van der Waals surface area contributed by atoms with Crippen LogP contribution in [0, 0.1) is 5.92 Å². The number of thioether (sulfide) groups is 1. The second-order valence-electron chi connectivity index (χ2n) is 8.24. The van der Waals surface area contributed by atoms with Gasteiger partial charge in [0.15, 0.2) is 0 Å². The molecule has 2 aromatic rings. The van der Waals surface area contributed by atoms with Gasteiger partial charge in [0.25, 0.3) is 5.91 Å². The van der Waals surface area contributed by atoms with Crippen LogP contribution in [0.1, 0.15) is 53.0 Å². The molecule has 1 N–H and O–H groups in total. The zero-order chi connectivity index (χ0) is 23.3. The third-order valence-electron chi connectivity index (χ3n) is 5.53. The van der Waals surface area contributed by atoms with E-state index in [1.165, 1.54) is 18.4 Å². The van der Waals surface area contributed by atoms with Crippen molar-refractivity contribution >= 4 is 40.9 Å². The molecule has 1 aromatic heterocycles. The summed E-state index contributed by atoms with van der Waals surface area (Å²) in [5, 5.41) is 4.89. The molecule has 2 amide bonds. The zero-order valence-corrected chi connectivity index (χ0v) is 20.5. The van der Waals surface area contributed by atoms with E-state index in [0.717, 1.165) is 4.88 Å². The van der Waals surface area contributed by atoms with Gasteiger partial charge in [-0.2, -0.15) is 11.8 Å². The fourth-order valence-electron chi connectivity index (χ4n) is 4.13. The topological polar surface area (TPSA) is 75.7 Å².